The number of aliphatic imine (C=N–C) groups is 1. The van der Waals surface area contributed by atoms with E-state index in [-0.39, 0.29) is 37.2 Å². The molecule has 0 spiro atoms. The van der Waals surface area contributed by atoms with Crippen LogP contribution in [0.2, 0.25) is 0 Å². The van der Waals surface area contributed by atoms with Crippen molar-refractivity contribution in [1.82, 2.24) is 16.0 Å². The summed E-state index contributed by atoms with van der Waals surface area (Å²) in [6, 6.07) is -4.51. The van der Waals surface area contributed by atoms with Gasteiger partial charge in [0.1, 0.15) is 24.2 Å². The molecular weight excluding hydrogens is 446 g/mol. The van der Waals surface area contributed by atoms with Crippen molar-refractivity contribution in [2.75, 3.05) is 6.54 Å². The molecule has 0 heterocycles. The van der Waals surface area contributed by atoms with Gasteiger partial charge in [-0.25, -0.2) is 4.79 Å². The molecule has 0 aliphatic rings. The van der Waals surface area contributed by atoms with Crippen LogP contribution in [0, 0.1) is 11.8 Å². The van der Waals surface area contributed by atoms with Crippen LogP contribution in [0.1, 0.15) is 53.9 Å². The van der Waals surface area contributed by atoms with Gasteiger partial charge in [0.2, 0.25) is 17.7 Å². The molecule has 0 aromatic rings. The number of carboxylic acids is 1. The van der Waals surface area contributed by atoms with E-state index in [9.17, 15) is 29.4 Å². The van der Waals surface area contributed by atoms with Gasteiger partial charge in [0.25, 0.3) is 0 Å². The molecule has 13 heteroatoms. The number of carboxylic acid groups (broad SMARTS) is 1. The number of nitrogens with zero attached hydrogens (tertiary/aromatic N) is 1. The number of rotatable bonds is 15. The lowest BCUT2D eigenvalue weighted by molar-refractivity contribution is -0.143. The average molecular weight is 488 g/mol. The molecule has 0 aromatic carbocycles. The minimum atomic E-state index is -1.26. The predicted molar refractivity (Wildman–Crippen MR) is 127 cm³/mol. The summed E-state index contributed by atoms with van der Waals surface area (Å²) in [5.74, 6) is -3.71. The van der Waals surface area contributed by atoms with Crippen LogP contribution in [0.15, 0.2) is 4.99 Å². The molecule has 0 aliphatic heterocycles. The molecule has 196 valence electrons. The van der Waals surface area contributed by atoms with Gasteiger partial charge in [0.05, 0.1) is 6.10 Å². The molecule has 11 N–H and O–H groups in total. The highest BCUT2D eigenvalue weighted by molar-refractivity contribution is 5.94. The molecule has 0 saturated carbocycles. The molecule has 3 amide bonds. The molecule has 0 aliphatic carbocycles. The summed E-state index contributed by atoms with van der Waals surface area (Å²) in [5, 5.41) is 26.5. The molecule has 0 radical (unpaired) electrons. The Morgan fingerprint density at radius 2 is 1.44 bits per heavy atom. The van der Waals surface area contributed by atoms with Crippen LogP contribution in [-0.4, -0.2) is 76.7 Å². The second-order valence-corrected chi connectivity index (χ2v) is 9.04. The van der Waals surface area contributed by atoms with Crippen molar-refractivity contribution in [3.05, 3.63) is 0 Å². The number of aliphatic hydroxyl groups excluding tert-OH is 1. The number of carbonyl (C=O) groups excluding carboxylic acids is 3. The molecule has 0 rings (SSSR count). The highest BCUT2D eigenvalue weighted by Gasteiger charge is 2.32. The third kappa shape index (κ3) is 11.8. The van der Waals surface area contributed by atoms with Gasteiger partial charge in [0, 0.05) is 6.54 Å². The summed E-state index contributed by atoms with van der Waals surface area (Å²) in [6.07, 6.45) is -0.471. The van der Waals surface area contributed by atoms with Crippen LogP contribution in [0.3, 0.4) is 0 Å². The van der Waals surface area contributed by atoms with Crippen LogP contribution in [0.25, 0.3) is 0 Å². The van der Waals surface area contributed by atoms with Gasteiger partial charge < -0.3 is 43.4 Å². The molecule has 0 aromatic heterocycles. The number of aliphatic hydroxyl groups is 1. The van der Waals surface area contributed by atoms with Crippen molar-refractivity contribution in [3.8, 4) is 0 Å². The van der Waals surface area contributed by atoms with Gasteiger partial charge in [-0.15, -0.1) is 0 Å². The molecule has 0 fully saturated rings. The summed E-state index contributed by atoms with van der Waals surface area (Å²) < 4.78 is 0. The Balaban J connectivity index is 5.52. The zero-order valence-electron chi connectivity index (χ0n) is 20.6. The van der Waals surface area contributed by atoms with Crippen molar-refractivity contribution >= 4 is 29.7 Å². The van der Waals surface area contributed by atoms with Gasteiger partial charge in [0.15, 0.2) is 5.96 Å². The lowest BCUT2D eigenvalue weighted by Gasteiger charge is -2.27. The zero-order chi connectivity index (χ0) is 26.6. The van der Waals surface area contributed by atoms with Crippen LogP contribution in [-0.2, 0) is 19.2 Å². The minimum Gasteiger partial charge on any atom is -0.480 e. The van der Waals surface area contributed by atoms with Crippen LogP contribution >= 0.6 is 0 Å². The quantitative estimate of drug-likeness (QED) is 0.0722. The summed E-state index contributed by atoms with van der Waals surface area (Å²) in [5.41, 5.74) is 16.2. The first-order chi connectivity index (χ1) is 15.7. The molecule has 34 heavy (non-hydrogen) atoms. The Labute approximate surface area is 200 Å². The highest BCUT2D eigenvalue weighted by Crippen LogP contribution is 2.09. The third-order valence-corrected chi connectivity index (χ3v) is 4.97. The Morgan fingerprint density at radius 3 is 1.88 bits per heavy atom. The van der Waals surface area contributed by atoms with E-state index in [1.807, 2.05) is 13.8 Å². The van der Waals surface area contributed by atoms with Gasteiger partial charge in [-0.05, 0) is 38.0 Å². The van der Waals surface area contributed by atoms with Crippen molar-refractivity contribution in [1.29, 1.82) is 0 Å². The second-order valence-electron chi connectivity index (χ2n) is 9.04. The van der Waals surface area contributed by atoms with Crippen molar-refractivity contribution < 1.29 is 29.4 Å². The summed E-state index contributed by atoms with van der Waals surface area (Å²) in [6.45, 7) is 8.59. The van der Waals surface area contributed by atoms with E-state index in [0.29, 0.717) is 6.42 Å². The van der Waals surface area contributed by atoms with E-state index in [4.69, 9.17) is 17.2 Å². The summed E-state index contributed by atoms with van der Waals surface area (Å²) >= 11 is 0. The Morgan fingerprint density at radius 1 is 0.882 bits per heavy atom. The maximum absolute atomic E-state index is 13.0. The van der Waals surface area contributed by atoms with Gasteiger partial charge >= 0.3 is 5.97 Å². The standard InChI is InChI=1S/C21H41N7O6/c1-10(2)9-14(20(33)34)27-19(32)16(11(3)4)28-17(30)13(7-6-8-25-21(23)24)26-18(31)15(22)12(5)29/h10-16,29H,6-9,22H2,1-5H3,(H,26,31)(H,27,32)(H,28,30)(H,33,34)(H4,23,24,25). The minimum absolute atomic E-state index is 0.0245. The molecule has 13 nitrogen and oxygen atoms in total. The Bertz CT molecular complexity index is 722. The van der Waals surface area contributed by atoms with E-state index in [0.717, 1.165) is 0 Å². The number of nitrogens with two attached hydrogens (primary N) is 3. The van der Waals surface area contributed by atoms with Gasteiger partial charge in [-0.2, -0.15) is 0 Å². The third-order valence-electron chi connectivity index (χ3n) is 4.97. The summed E-state index contributed by atoms with van der Waals surface area (Å²) in [4.78, 5) is 53.5. The maximum Gasteiger partial charge on any atom is 0.326 e. The van der Waals surface area contributed by atoms with E-state index in [2.05, 4.69) is 20.9 Å². The lowest BCUT2D eigenvalue weighted by atomic mass is 9.99. The molecule has 0 saturated heterocycles. The fourth-order valence-electron chi connectivity index (χ4n) is 3.00. The largest absolute Gasteiger partial charge is 0.480 e. The molecule has 5 unspecified atom stereocenters. The SMILES string of the molecule is CC(C)CC(NC(=O)C(NC(=O)C(CCCN=C(N)N)NC(=O)C(N)C(C)O)C(C)C)C(=O)O. The Hall–Kier alpha value is -2.93. The first kappa shape index (κ1) is 31.1. The molecular formula is C21H41N7O6. The number of carbonyl (C=O) groups is 4. The van der Waals surface area contributed by atoms with E-state index < -0.39 is 54.0 Å². The first-order valence-electron chi connectivity index (χ1n) is 11.3. The van der Waals surface area contributed by atoms with Crippen molar-refractivity contribution in [2.24, 2.45) is 34.0 Å². The lowest BCUT2D eigenvalue weighted by Crippen LogP contribution is -2.59. The van der Waals surface area contributed by atoms with Crippen LogP contribution in [0.5, 0.6) is 0 Å². The van der Waals surface area contributed by atoms with Crippen molar-refractivity contribution in [2.45, 2.75) is 84.2 Å². The molecule has 0 bridgehead atoms. The molecule has 5 atom stereocenters. The van der Waals surface area contributed by atoms with Crippen LogP contribution in [0.4, 0.5) is 0 Å². The predicted octanol–water partition coefficient (Wildman–Crippen LogP) is -2.01. The number of hydrogen-bond acceptors (Lipinski definition) is 7. The van der Waals surface area contributed by atoms with Crippen LogP contribution < -0.4 is 33.2 Å². The highest BCUT2D eigenvalue weighted by atomic mass is 16.4. The number of hydrogen-bond donors (Lipinski definition) is 8. The monoisotopic (exact) mass is 487 g/mol. The number of guanidine groups is 1. The Kier molecular flexibility index (Phi) is 13.8. The fourth-order valence-corrected chi connectivity index (χ4v) is 3.00. The average Bonchev–Trinajstić information content (AvgIpc) is 2.71. The topological polar surface area (TPSA) is 235 Å². The van der Waals surface area contributed by atoms with Crippen molar-refractivity contribution in [3.63, 3.8) is 0 Å². The smallest absolute Gasteiger partial charge is 0.326 e. The van der Waals surface area contributed by atoms with E-state index >= 15 is 0 Å². The maximum atomic E-state index is 13.0. The van der Waals surface area contributed by atoms with Gasteiger partial charge in [-0.3, -0.25) is 19.4 Å². The summed E-state index contributed by atoms with van der Waals surface area (Å²) in [7, 11) is 0. The number of amides is 3. The van der Waals surface area contributed by atoms with E-state index in [1.54, 1.807) is 13.8 Å². The fraction of sp³-hybridized carbons (Fsp3) is 0.762. The number of aliphatic carboxylic acids is 1. The normalized spacial score (nSPS) is 15.6. The zero-order valence-corrected chi connectivity index (χ0v) is 20.6. The van der Waals surface area contributed by atoms with E-state index in [1.165, 1.54) is 6.92 Å². The second kappa shape index (κ2) is 15.1. The first-order valence-corrected chi connectivity index (χ1v) is 11.3. The number of nitrogens with one attached hydrogen (secondary N) is 3. The van der Waals surface area contributed by atoms with Gasteiger partial charge in [-0.1, -0.05) is 27.7 Å².